The van der Waals surface area contributed by atoms with Gasteiger partial charge in [-0.15, -0.1) is 0 Å². The number of benzene rings is 2. The molecule has 2 aromatic carbocycles. The topological polar surface area (TPSA) is 114 Å². The lowest BCUT2D eigenvalue weighted by molar-refractivity contribution is -0.137. The van der Waals surface area contributed by atoms with Crippen molar-refractivity contribution in [3.63, 3.8) is 0 Å². The molecule has 2 saturated heterocycles. The van der Waals surface area contributed by atoms with Crippen molar-refractivity contribution in [3.8, 4) is 11.5 Å². The molecule has 4 amide bonds. The highest BCUT2D eigenvalue weighted by atomic mass is 32.2. The molecule has 2 aromatic rings. The van der Waals surface area contributed by atoms with Gasteiger partial charge in [0.05, 0.1) is 30.4 Å². The normalized spacial score (nSPS) is 16.4. The zero-order valence-electron chi connectivity index (χ0n) is 21.2. The molecule has 14 heteroatoms. The molecule has 4 rings (SSSR count). The lowest BCUT2D eigenvalue weighted by Crippen LogP contribution is -2.43. The van der Waals surface area contributed by atoms with Crippen LogP contribution in [0.4, 0.5) is 23.7 Å². The molecule has 0 bridgehead atoms. The fourth-order valence-electron chi connectivity index (χ4n) is 3.79. The first-order valence-electron chi connectivity index (χ1n) is 12.1. The van der Waals surface area contributed by atoms with E-state index in [2.05, 4.69) is 0 Å². The molecule has 0 saturated carbocycles. The largest absolute Gasteiger partial charge is 0.490 e. The van der Waals surface area contributed by atoms with Crippen LogP contribution in [0.1, 0.15) is 12.5 Å². The summed E-state index contributed by atoms with van der Waals surface area (Å²) in [6.45, 7) is 2.99. The molecular weight excluding hydrogens is 555 g/mol. The summed E-state index contributed by atoms with van der Waals surface area (Å²) in [6.07, 6.45) is 1.42. The van der Waals surface area contributed by atoms with Crippen LogP contribution in [0, 0.1) is 17.5 Å². The Balaban J connectivity index is 1.42. The standard InChI is InChI=1S/C26H24F3N3O7S/c1-2-38-19-11-15(3-6-18(19)39-14-22(34)31-7-9-37-10-8-31)12-20-25(35)32(26(36)40-20)13-21(33)30-17-5-4-16(27)23(28)24(17)29/h3-6,11-12H,2,7-10,13-14H2,1H3,(H,30,33)/b20-12-. The average Bonchev–Trinajstić information content (AvgIpc) is 3.20. The molecule has 1 N–H and O–H groups in total. The number of morpholine rings is 1. The number of anilines is 1. The van der Waals surface area contributed by atoms with Crippen LogP contribution >= 0.6 is 11.8 Å². The maximum atomic E-state index is 13.9. The lowest BCUT2D eigenvalue weighted by Gasteiger charge is -2.26. The van der Waals surface area contributed by atoms with Gasteiger partial charge < -0.3 is 24.4 Å². The molecule has 2 aliphatic heterocycles. The Morgan fingerprint density at radius 2 is 1.80 bits per heavy atom. The van der Waals surface area contributed by atoms with Crippen LogP contribution in [-0.2, 0) is 19.1 Å². The van der Waals surface area contributed by atoms with Gasteiger partial charge in [0.2, 0.25) is 5.91 Å². The van der Waals surface area contributed by atoms with E-state index in [1.54, 1.807) is 30.0 Å². The van der Waals surface area contributed by atoms with Gasteiger partial charge in [-0.25, -0.2) is 13.2 Å². The SMILES string of the molecule is CCOc1cc(/C=C2\SC(=O)N(CC(=O)Nc3ccc(F)c(F)c3F)C2=O)ccc1OCC(=O)N1CCOCC1. The van der Waals surface area contributed by atoms with E-state index in [0.29, 0.717) is 72.7 Å². The number of ether oxygens (including phenoxy) is 3. The van der Waals surface area contributed by atoms with Crippen LogP contribution in [-0.4, -0.2) is 78.8 Å². The second-order valence-corrected chi connectivity index (χ2v) is 9.45. The zero-order chi connectivity index (χ0) is 28.8. The Hall–Kier alpha value is -4.04. The summed E-state index contributed by atoms with van der Waals surface area (Å²) in [4.78, 5) is 52.2. The van der Waals surface area contributed by atoms with Gasteiger partial charge in [0.1, 0.15) is 6.54 Å². The number of hydrogen-bond donors (Lipinski definition) is 1. The Bertz CT molecular complexity index is 1370. The number of thioether (sulfide) groups is 1. The number of imide groups is 1. The van der Waals surface area contributed by atoms with Crippen molar-refractivity contribution in [1.82, 2.24) is 9.80 Å². The molecule has 0 spiro atoms. The molecule has 2 aliphatic rings. The highest BCUT2D eigenvalue weighted by Crippen LogP contribution is 2.35. The molecular formula is C26H24F3N3O7S. The summed E-state index contributed by atoms with van der Waals surface area (Å²) in [5, 5.41) is 1.27. The second-order valence-electron chi connectivity index (χ2n) is 8.46. The molecule has 212 valence electrons. The fraction of sp³-hybridized carbons (Fsp3) is 0.308. The molecule has 0 unspecified atom stereocenters. The molecule has 0 aliphatic carbocycles. The number of carbonyl (C=O) groups is 4. The van der Waals surface area contributed by atoms with E-state index >= 15 is 0 Å². The van der Waals surface area contributed by atoms with Crippen molar-refractivity contribution >= 4 is 46.5 Å². The quantitative estimate of drug-likeness (QED) is 0.355. The van der Waals surface area contributed by atoms with E-state index in [9.17, 15) is 32.3 Å². The summed E-state index contributed by atoms with van der Waals surface area (Å²) in [5.41, 5.74) is -0.155. The molecule has 10 nitrogen and oxygen atoms in total. The van der Waals surface area contributed by atoms with Crippen LogP contribution in [0.25, 0.3) is 6.08 Å². The van der Waals surface area contributed by atoms with E-state index in [1.165, 1.54) is 6.08 Å². The van der Waals surface area contributed by atoms with Crippen molar-refractivity contribution < 1.29 is 46.6 Å². The predicted molar refractivity (Wildman–Crippen MR) is 138 cm³/mol. The Labute approximate surface area is 231 Å². The van der Waals surface area contributed by atoms with Gasteiger partial charge in [-0.05, 0) is 54.6 Å². The Morgan fingerprint density at radius 3 is 2.52 bits per heavy atom. The Kier molecular flexibility index (Phi) is 9.32. The van der Waals surface area contributed by atoms with E-state index in [-0.39, 0.29) is 17.4 Å². The third kappa shape index (κ3) is 6.74. The molecule has 0 aromatic heterocycles. The minimum absolute atomic E-state index is 0.00965. The summed E-state index contributed by atoms with van der Waals surface area (Å²) < 4.78 is 56.9. The maximum Gasteiger partial charge on any atom is 0.294 e. The minimum Gasteiger partial charge on any atom is -0.490 e. The third-order valence-corrected chi connectivity index (χ3v) is 6.67. The van der Waals surface area contributed by atoms with E-state index in [4.69, 9.17) is 14.2 Å². The van der Waals surface area contributed by atoms with Crippen molar-refractivity contribution in [2.24, 2.45) is 0 Å². The molecule has 2 fully saturated rings. The van der Waals surface area contributed by atoms with E-state index < -0.39 is 46.7 Å². The number of nitrogens with one attached hydrogen (secondary N) is 1. The first-order valence-corrected chi connectivity index (χ1v) is 12.9. The highest BCUT2D eigenvalue weighted by Gasteiger charge is 2.36. The van der Waals surface area contributed by atoms with Crippen LogP contribution in [0.5, 0.6) is 11.5 Å². The van der Waals surface area contributed by atoms with Crippen LogP contribution in [0.3, 0.4) is 0 Å². The third-order valence-electron chi connectivity index (χ3n) is 5.76. The first-order chi connectivity index (χ1) is 19.2. The summed E-state index contributed by atoms with van der Waals surface area (Å²) in [5.74, 6) is -6.12. The van der Waals surface area contributed by atoms with Crippen LogP contribution < -0.4 is 14.8 Å². The molecule has 40 heavy (non-hydrogen) atoms. The van der Waals surface area contributed by atoms with Gasteiger partial charge in [0, 0.05) is 13.1 Å². The summed E-state index contributed by atoms with van der Waals surface area (Å²) in [6, 6.07) is 6.19. The average molecular weight is 580 g/mol. The van der Waals surface area contributed by atoms with Gasteiger partial charge in [-0.3, -0.25) is 24.1 Å². The van der Waals surface area contributed by atoms with Crippen molar-refractivity contribution in [2.75, 3.05) is 51.4 Å². The lowest BCUT2D eigenvalue weighted by atomic mass is 10.2. The first kappa shape index (κ1) is 29.0. The van der Waals surface area contributed by atoms with Crippen LogP contribution in [0.2, 0.25) is 0 Å². The van der Waals surface area contributed by atoms with Crippen molar-refractivity contribution in [3.05, 3.63) is 58.3 Å². The minimum atomic E-state index is -1.77. The van der Waals surface area contributed by atoms with Gasteiger partial charge >= 0.3 is 0 Å². The van der Waals surface area contributed by atoms with E-state index in [0.717, 1.165) is 6.07 Å². The highest BCUT2D eigenvalue weighted by molar-refractivity contribution is 8.18. The summed E-state index contributed by atoms with van der Waals surface area (Å²) in [7, 11) is 0. The number of hydrogen-bond acceptors (Lipinski definition) is 8. The molecule has 2 heterocycles. The zero-order valence-corrected chi connectivity index (χ0v) is 22.0. The number of amides is 4. The predicted octanol–water partition coefficient (Wildman–Crippen LogP) is 3.42. The second kappa shape index (κ2) is 12.9. The smallest absolute Gasteiger partial charge is 0.294 e. The fourth-order valence-corrected chi connectivity index (χ4v) is 4.63. The van der Waals surface area contributed by atoms with Crippen LogP contribution in [0.15, 0.2) is 35.2 Å². The maximum absolute atomic E-state index is 13.9. The van der Waals surface area contributed by atoms with Crippen molar-refractivity contribution in [1.29, 1.82) is 0 Å². The number of nitrogens with zero attached hydrogens (tertiary/aromatic N) is 2. The summed E-state index contributed by atoms with van der Waals surface area (Å²) >= 11 is 0.588. The van der Waals surface area contributed by atoms with Crippen molar-refractivity contribution in [2.45, 2.75) is 6.92 Å². The number of halogens is 3. The van der Waals surface area contributed by atoms with Gasteiger partial charge in [-0.1, -0.05) is 6.07 Å². The molecule has 0 radical (unpaired) electrons. The monoisotopic (exact) mass is 579 g/mol. The number of carbonyl (C=O) groups excluding carboxylic acids is 4. The number of rotatable bonds is 9. The molecule has 0 atom stereocenters. The van der Waals surface area contributed by atoms with Gasteiger partial charge in [-0.2, -0.15) is 0 Å². The van der Waals surface area contributed by atoms with E-state index in [1.807, 2.05) is 5.32 Å². The van der Waals surface area contributed by atoms with Gasteiger partial charge in [0.25, 0.3) is 17.1 Å². The van der Waals surface area contributed by atoms with Gasteiger partial charge in [0.15, 0.2) is 35.6 Å². The Morgan fingerprint density at radius 1 is 1.05 bits per heavy atom.